The average molecular weight is 250 g/mol. The number of rotatable bonds is 8. The molecule has 2 rings (SSSR count). The molecule has 1 aromatic heterocycles. The van der Waals surface area contributed by atoms with Crippen LogP contribution in [0.1, 0.15) is 44.9 Å². The van der Waals surface area contributed by atoms with Crippen LogP contribution in [0.15, 0.2) is 16.7 Å². The maximum Gasteiger partial charge on any atom is 0.122 e. The summed E-state index contributed by atoms with van der Waals surface area (Å²) in [4.78, 5) is 2.58. The summed E-state index contributed by atoms with van der Waals surface area (Å²) in [6.45, 7) is 10.8. The molecule has 0 aliphatic heterocycles. The summed E-state index contributed by atoms with van der Waals surface area (Å²) in [5, 5.41) is 3.37. The topological polar surface area (TPSA) is 28.4 Å². The Morgan fingerprint density at radius 2 is 2.22 bits per heavy atom. The van der Waals surface area contributed by atoms with Crippen molar-refractivity contribution in [3.05, 3.63) is 23.7 Å². The Morgan fingerprint density at radius 1 is 1.44 bits per heavy atom. The summed E-state index contributed by atoms with van der Waals surface area (Å²) in [7, 11) is 0. The van der Waals surface area contributed by atoms with E-state index in [1.807, 2.05) is 6.26 Å². The van der Waals surface area contributed by atoms with E-state index in [-0.39, 0.29) is 0 Å². The molecule has 1 heterocycles. The molecule has 0 saturated heterocycles. The zero-order chi connectivity index (χ0) is 13.0. The smallest absolute Gasteiger partial charge is 0.122 e. The van der Waals surface area contributed by atoms with Crippen LogP contribution in [0, 0.1) is 5.92 Å². The van der Waals surface area contributed by atoms with Crippen LogP contribution in [0.3, 0.4) is 0 Å². The van der Waals surface area contributed by atoms with Crippen LogP contribution in [0.25, 0.3) is 0 Å². The van der Waals surface area contributed by atoms with Crippen LogP contribution < -0.4 is 5.32 Å². The lowest BCUT2D eigenvalue weighted by molar-refractivity contribution is 0.208. The molecule has 1 aliphatic carbocycles. The van der Waals surface area contributed by atoms with E-state index in [1.54, 1.807) is 0 Å². The van der Waals surface area contributed by atoms with E-state index >= 15 is 0 Å². The van der Waals surface area contributed by atoms with Gasteiger partial charge in [-0.25, -0.2) is 0 Å². The van der Waals surface area contributed by atoms with Gasteiger partial charge in [0.15, 0.2) is 0 Å². The van der Waals surface area contributed by atoms with E-state index in [0.29, 0.717) is 0 Å². The lowest BCUT2D eigenvalue weighted by Crippen LogP contribution is -2.30. The molecular formula is C15H26N2O. The SMILES string of the molecule is CCNCc1ccoc1CN(CC(C)C)C1CC1. The zero-order valence-corrected chi connectivity index (χ0v) is 11.9. The van der Waals surface area contributed by atoms with Crippen LogP contribution in [0.2, 0.25) is 0 Å². The zero-order valence-electron chi connectivity index (χ0n) is 11.9. The first kappa shape index (κ1) is 13.6. The number of hydrogen-bond acceptors (Lipinski definition) is 3. The van der Waals surface area contributed by atoms with E-state index < -0.39 is 0 Å². The molecule has 102 valence electrons. The lowest BCUT2D eigenvalue weighted by atomic mass is 10.2. The minimum atomic E-state index is 0.720. The molecule has 18 heavy (non-hydrogen) atoms. The fourth-order valence-corrected chi connectivity index (χ4v) is 2.36. The summed E-state index contributed by atoms with van der Waals surface area (Å²) in [6.07, 6.45) is 4.54. The van der Waals surface area contributed by atoms with Crippen LogP contribution in [0.5, 0.6) is 0 Å². The first-order valence-electron chi connectivity index (χ1n) is 7.20. The maximum atomic E-state index is 5.67. The second kappa shape index (κ2) is 6.39. The van der Waals surface area contributed by atoms with Gasteiger partial charge in [-0.1, -0.05) is 20.8 Å². The first-order chi connectivity index (χ1) is 8.70. The summed E-state index contributed by atoms with van der Waals surface area (Å²) in [5.41, 5.74) is 1.31. The molecule has 0 aromatic carbocycles. The molecule has 0 atom stereocenters. The van der Waals surface area contributed by atoms with Crippen LogP contribution >= 0.6 is 0 Å². The number of nitrogens with one attached hydrogen (secondary N) is 1. The fourth-order valence-electron chi connectivity index (χ4n) is 2.36. The third-order valence-corrected chi connectivity index (χ3v) is 3.41. The van der Waals surface area contributed by atoms with Crippen molar-refractivity contribution >= 4 is 0 Å². The van der Waals surface area contributed by atoms with Gasteiger partial charge in [-0.05, 0) is 31.4 Å². The number of hydrogen-bond donors (Lipinski definition) is 1. The van der Waals surface area contributed by atoms with Crippen molar-refractivity contribution in [3.8, 4) is 0 Å². The van der Waals surface area contributed by atoms with Crippen LogP contribution in [0.4, 0.5) is 0 Å². The highest BCUT2D eigenvalue weighted by molar-refractivity contribution is 5.17. The first-order valence-corrected chi connectivity index (χ1v) is 7.20. The highest BCUT2D eigenvalue weighted by Crippen LogP contribution is 2.29. The van der Waals surface area contributed by atoms with Crippen molar-refractivity contribution in [1.82, 2.24) is 10.2 Å². The molecular weight excluding hydrogens is 224 g/mol. The predicted octanol–water partition coefficient (Wildman–Crippen LogP) is 3.01. The van der Waals surface area contributed by atoms with Crippen molar-refractivity contribution in [1.29, 1.82) is 0 Å². The second-order valence-electron chi connectivity index (χ2n) is 5.70. The van der Waals surface area contributed by atoms with Gasteiger partial charge in [-0.3, -0.25) is 4.90 Å². The number of furan rings is 1. The van der Waals surface area contributed by atoms with Crippen molar-refractivity contribution in [2.75, 3.05) is 13.1 Å². The normalized spacial score (nSPS) is 15.8. The van der Waals surface area contributed by atoms with E-state index in [9.17, 15) is 0 Å². The van der Waals surface area contributed by atoms with Gasteiger partial charge < -0.3 is 9.73 Å². The molecule has 0 amide bonds. The second-order valence-corrected chi connectivity index (χ2v) is 5.70. The largest absolute Gasteiger partial charge is 0.468 e. The van der Waals surface area contributed by atoms with Gasteiger partial charge in [-0.2, -0.15) is 0 Å². The Balaban J connectivity index is 1.95. The monoisotopic (exact) mass is 250 g/mol. The minimum absolute atomic E-state index is 0.720. The minimum Gasteiger partial charge on any atom is -0.468 e. The van der Waals surface area contributed by atoms with Gasteiger partial charge in [0.05, 0.1) is 12.8 Å². The molecule has 0 spiro atoms. The highest BCUT2D eigenvalue weighted by Gasteiger charge is 2.30. The van der Waals surface area contributed by atoms with Crippen molar-refractivity contribution in [2.45, 2.75) is 52.7 Å². The summed E-state index contributed by atoms with van der Waals surface area (Å²) >= 11 is 0. The predicted molar refractivity (Wildman–Crippen MR) is 74.4 cm³/mol. The molecule has 0 radical (unpaired) electrons. The highest BCUT2D eigenvalue weighted by atomic mass is 16.3. The quantitative estimate of drug-likeness (QED) is 0.769. The molecule has 1 aromatic rings. The molecule has 0 unspecified atom stereocenters. The molecule has 0 bridgehead atoms. The molecule has 3 nitrogen and oxygen atoms in total. The molecule has 1 saturated carbocycles. The summed E-state index contributed by atoms with van der Waals surface area (Å²) in [6, 6.07) is 2.89. The van der Waals surface area contributed by atoms with Crippen LogP contribution in [-0.4, -0.2) is 24.0 Å². The molecule has 3 heteroatoms. The third-order valence-electron chi connectivity index (χ3n) is 3.41. The Labute approximate surface area is 111 Å². The molecule has 1 aliphatic rings. The third kappa shape index (κ3) is 3.85. The van der Waals surface area contributed by atoms with Crippen molar-refractivity contribution < 1.29 is 4.42 Å². The average Bonchev–Trinajstić information content (AvgIpc) is 3.08. The lowest BCUT2D eigenvalue weighted by Gasteiger charge is -2.23. The Morgan fingerprint density at radius 3 is 2.83 bits per heavy atom. The van der Waals surface area contributed by atoms with Crippen LogP contribution in [-0.2, 0) is 13.1 Å². The van der Waals surface area contributed by atoms with E-state index in [0.717, 1.165) is 37.4 Å². The maximum absolute atomic E-state index is 5.67. The van der Waals surface area contributed by atoms with E-state index in [2.05, 4.69) is 37.1 Å². The Hall–Kier alpha value is -0.800. The fraction of sp³-hybridized carbons (Fsp3) is 0.733. The standard InChI is InChI=1S/C15H26N2O/c1-4-16-9-13-7-8-18-15(13)11-17(10-12(2)3)14-5-6-14/h7-8,12,14,16H,4-6,9-11H2,1-3H3. The van der Waals surface area contributed by atoms with Gasteiger partial charge in [0.1, 0.15) is 5.76 Å². The molecule has 1 fully saturated rings. The van der Waals surface area contributed by atoms with E-state index in [4.69, 9.17) is 4.42 Å². The van der Waals surface area contributed by atoms with Gasteiger partial charge >= 0.3 is 0 Å². The summed E-state index contributed by atoms with van der Waals surface area (Å²) in [5.74, 6) is 1.86. The van der Waals surface area contributed by atoms with Gasteiger partial charge in [-0.15, -0.1) is 0 Å². The molecule has 1 N–H and O–H groups in total. The van der Waals surface area contributed by atoms with Crippen molar-refractivity contribution in [3.63, 3.8) is 0 Å². The van der Waals surface area contributed by atoms with Crippen molar-refractivity contribution in [2.24, 2.45) is 5.92 Å². The van der Waals surface area contributed by atoms with E-state index in [1.165, 1.54) is 24.9 Å². The number of nitrogens with zero attached hydrogens (tertiary/aromatic N) is 1. The Kier molecular flexibility index (Phi) is 4.84. The van der Waals surface area contributed by atoms with Gasteiger partial charge in [0.25, 0.3) is 0 Å². The summed E-state index contributed by atoms with van der Waals surface area (Å²) < 4.78 is 5.67. The van der Waals surface area contributed by atoms with Gasteiger partial charge in [0.2, 0.25) is 0 Å². The Bertz CT molecular complexity index is 355. The van der Waals surface area contributed by atoms with Gasteiger partial charge in [0, 0.05) is 24.7 Å².